The Morgan fingerprint density at radius 3 is 2.22 bits per heavy atom. The second-order valence-electron chi connectivity index (χ2n) is 3.98. The summed E-state index contributed by atoms with van der Waals surface area (Å²) in [5.74, 6) is -2.77. The number of epoxide rings is 1. The van der Waals surface area contributed by atoms with E-state index in [2.05, 4.69) is 4.74 Å². The van der Waals surface area contributed by atoms with Gasteiger partial charge in [-0.25, -0.2) is 9.59 Å². The van der Waals surface area contributed by atoms with E-state index in [1.54, 1.807) is 13.8 Å². The first kappa shape index (κ1) is 14.4. The molecule has 2 atom stereocenters. The lowest BCUT2D eigenvalue weighted by Crippen LogP contribution is -2.43. The van der Waals surface area contributed by atoms with E-state index in [-0.39, 0.29) is 12.5 Å². The van der Waals surface area contributed by atoms with Crippen LogP contribution in [0.2, 0.25) is 0 Å². The highest BCUT2D eigenvalue weighted by molar-refractivity contribution is 6.06. The van der Waals surface area contributed by atoms with E-state index in [0.29, 0.717) is 13.1 Å². The molecule has 1 saturated heterocycles. The predicted molar refractivity (Wildman–Crippen MR) is 59.8 cm³/mol. The van der Waals surface area contributed by atoms with Crippen LogP contribution in [0.3, 0.4) is 0 Å². The van der Waals surface area contributed by atoms with Gasteiger partial charge in [0.1, 0.15) is 6.61 Å². The second-order valence-corrected chi connectivity index (χ2v) is 3.98. The fourth-order valence-electron chi connectivity index (χ4n) is 1.50. The first-order chi connectivity index (χ1) is 8.39. The molecule has 1 N–H and O–H groups in total. The molecule has 0 aromatic carbocycles. The molecule has 0 aromatic rings. The number of carboxylic acid groups (broad SMARTS) is 1. The molecule has 1 rings (SSSR count). The lowest BCUT2D eigenvalue weighted by atomic mass is 10.2. The zero-order valence-electron chi connectivity index (χ0n) is 10.6. The number of carboxylic acids is 1. The van der Waals surface area contributed by atoms with E-state index in [0.717, 1.165) is 0 Å². The smallest absolute Gasteiger partial charge is 0.353 e. The van der Waals surface area contributed by atoms with Crippen LogP contribution in [-0.2, 0) is 23.9 Å². The molecule has 0 aliphatic carbocycles. The molecule has 1 fully saturated rings. The number of aliphatic carboxylic acids is 1. The summed E-state index contributed by atoms with van der Waals surface area (Å²) in [6.07, 6.45) is -1.02. The van der Waals surface area contributed by atoms with Crippen molar-refractivity contribution in [3.63, 3.8) is 0 Å². The Bertz CT molecular complexity index is 359. The number of carbonyl (C=O) groups excluding carboxylic acids is 2. The van der Waals surface area contributed by atoms with Gasteiger partial charge < -0.3 is 19.5 Å². The van der Waals surface area contributed by atoms with E-state index in [4.69, 9.17) is 9.84 Å². The van der Waals surface area contributed by atoms with Gasteiger partial charge in [-0.2, -0.15) is 0 Å². The summed E-state index contributed by atoms with van der Waals surface area (Å²) < 4.78 is 9.46. The fraction of sp³-hybridized carbons (Fsp3) is 0.727. The zero-order chi connectivity index (χ0) is 13.9. The minimum Gasteiger partial charge on any atom is -0.479 e. The third-order valence-electron chi connectivity index (χ3n) is 2.81. The van der Waals surface area contributed by atoms with Crippen LogP contribution in [0.1, 0.15) is 20.8 Å². The number of carbonyl (C=O) groups is 3. The molecule has 1 aliphatic rings. The first-order valence-electron chi connectivity index (χ1n) is 5.76. The van der Waals surface area contributed by atoms with Gasteiger partial charge in [0.2, 0.25) is 0 Å². The molecule has 0 saturated carbocycles. The van der Waals surface area contributed by atoms with E-state index < -0.39 is 23.6 Å². The summed E-state index contributed by atoms with van der Waals surface area (Å²) in [7, 11) is 0. The third-order valence-corrected chi connectivity index (χ3v) is 2.81. The number of ether oxygens (including phenoxy) is 2. The third kappa shape index (κ3) is 2.61. The highest BCUT2D eigenvalue weighted by Gasteiger charge is 2.62. The molecule has 1 amide bonds. The van der Waals surface area contributed by atoms with Crippen molar-refractivity contribution < 1.29 is 29.0 Å². The van der Waals surface area contributed by atoms with Crippen LogP contribution in [0.5, 0.6) is 0 Å². The number of rotatable bonds is 6. The Morgan fingerprint density at radius 1 is 1.39 bits per heavy atom. The van der Waals surface area contributed by atoms with Crippen LogP contribution in [0.4, 0.5) is 0 Å². The molecule has 7 heteroatoms. The van der Waals surface area contributed by atoms with Crippen molar-refractivity contribution in [2.75, 3.05) is 19.7 Å². The number of hydrogen-bond acceptors (Lipinski definition) is 5. The van der Waals surface area contributed by atoms with Gasteiger partial charge in [0, 0.05) is 13.1 Å². The number of esters is 1. The molecular formula is C11H17NO6. The lowest BCUT2D eigenvalue weighted by molar-refractivity contribution is -0.169. The molecular weight excluding hydrogens is 242 g/mol. The van der Waals surface area contributed by atoms with E-state index in [9.17, 15) is 14.4 Å². The maximum absolute atomic E-state index is 11.8. The summed E-state index contributed by atoms with van der Waals surface area (Å²) in [4.78, 5) is 35.7. The van der Waals surface area contributed by atoms with Gasteiger partial charge in [0.15, 0.2) is 6.10 Å². The Balaban J connectivity index is 2.60. The molecule has 7 nitrogen and oxygen atoms in total. The van der Waals surface area contributed by atoms with Gasteiger partial charge in [-0.05, 0) is 20.8 Å². The minimum absolute atomic E-state index is 0.215. The van der Waals surface area contributed by atoms with Crippen LogP contribution in [0.15, 0.2) is 0 Å². The van der Waals surface area contributed by atoms with Crippen LogP contribution in [0.25, 0.3) is 0 Å². The molecule has 0 bridgehead atoms. The van der Waals surface area contributed by atoms with Crippen LogP contribution in [0, 0.1) is 0 Å². The van der Waals surface area contributed by atoms with Crippen LogP contribution in [-0.4, -0.2) is 59.3 Å². The van der Waals surface area contributed by atoms with Crippen molar-refractivity contribution in [2.45, 2.75) is 32.5 Å². The Kier molecular flexibility index (Phi) is 4.28. The van der Waals surface area contributed by atoms with E-state index in [1.807, 2.05) is 0 Å². The SMILES string of the molecule is CCN(CC)C(=O)C(C)OC(=O)C1(C(=O)O)CO1. The fourth-order valence-corrected chi connectivity index (χ4v) is 1.50. The summed E-state index contributed by atoms with van der Waals surface area (Å²) in [6, 6.07) is 0. The van der Waals surface area contributed by atoms with Crippen molar-refractivity contribution in [1.82, 2.24) is 4.90 Å². The quantitative estimate of drug-likeness (QED) is 0.397. The summed E-state index contributed by atoms with van der Waals surface area (Å²) in [5, 5.41) is 8.81. The highest BCUT2D eigenvalue weighted by Crippen LogP contribution is 2.29. The van der Waals surface area contributed by atoms with Gasteiger partial charge in [0.05, 0.1) is 0 Å². The molecule has 1 aliphatic heterocycles. The lowest BCUT2D eigenvalue weighted by Gasteiger charge is -2.23. The molecule has 1 heterocycles. The number of nitrogens with zero attached hydrogens (tertiary/aromatic N) is 1. The minimum atomic E-state index is -1.90. The first-order valence-corrected chi connectivity index (χ1v) is 5.76. The molecule has 18 heavy (non-hydrogen) atoms. The number of hydrogen-bond donors (Lipinski definition) is 1. The monoisotopic (exact) mass is 259 g/mol. The van der Waals surface area contributed by atoms with Crippen molar-refractivity contribution in [3.8, 4) is 0 Å². The van der Waals surface area contributed by atoms with Crippen molar-refractivity contribution in [3.05, 3.63) is 0 Å². The normalized spacial score (nSPS) is 23.1. The summed E-state index contributed by atoms with van der Waals surface area (Å²) >= 11 is 0. The molecule has 0 radical (unpaired) electrons. The highest BCUT2D eigenvalue weighted by atomic mass is 16.7. The molecule has 102 valence electrons. The molecule has 0 spiro atoms. The molecule has 2 unspecified atom stereocenters. The maximum atomic E-state index is 11.8. The number of amides is 1. The van der Waals surface area contributed by atoms with Crippen molar-refractivity contribution in [2.24, 2.45) is 0 Å². The van der Waals surface area contributed by atoms with Gasteiger partial charge in [-0.3, -0.25) is 4.79 Å². The van der Waals surface area contributed by atoms with Gasteiger partial charge in [-0.15, -0.1) is 0 Å². The Hall–Kier alpha value is -1.63. The molecule has 0 aromatic heterocycles. The largest absolute Gasteiger partial charge is 0.479 e. The van der Waals surface area contributed by atoms with Gasteiger partial charge >= 0.3 is 11.9 Å². The maximum Gasteiger partial charge on any atom is 0.353 e. The van der Waals surface area contributed by atoms with Gasteiger partial charge in [0.25, 0.3) is 11.5 Å². The van der Waals surface area contributed by atoms with E-state index >= 15 is 0 Å². The zero-order valence-corrected chi connectivity index (χ0v) is 10.6. The van der Waals surface area contributed by atoms with Crippen molar-refractivity contribution >= 4 is 17.8 Å². The average Bonchev–Trinajstić information content (AvgIpc) is 3.11. The predicted octanol–water partition coefficient (Wildman–Crippen LogP) is -0.360. The van der Waals surface area contributed by atoms with Crippen LogP contribution >= 0.6 is 0 Å². The van der Waals surface area contributed by atoms with Crippen molar-refractivity contribution in [1.29, 1.82) is 0 Å². The Labute approximate surface area is 105 Å². The summed E-state index contributed by atoms with van der Waals surface area (Å²) in [6.45, 7) is 5.80. The topological polar surface area (TPSA) is 96.4 Å². The number of likely N-dealkylation sites (N-methyl/N-ethyl adjacent to an activating group) is 1. The van der Waals surface area contributed by atoms with E-state index in [1.165, 1.54) is 11.8 Å². The second kappa shape index (κ2) is 5.34. The Morgan fingerprint density at radius 2 is 1.89 bits per heavy atom. The summed E-state index contributed by atoms with van der Waals surface area (Å²) in [5.41, 5.74) is -1.90. The van der Waals surface area contributed by atoms with Crippen LogP contribution < -0.4 is 0 Å². The average molecular weight is 259 g/mol. The van der Waals surface area contributed by atoms with Gasteiger partial charge in [-0.1, -0.05) is 0 Å². The standard InChI is InChI=1S/C11H17NO6/c1-4-12(5-2)8(13)7(3)18-10(16)11(6-17-11)9(14)15/h7H,4-6H2,1-3H3,(H,14,15).